The summed E-state index contributed by atoms with van der Waals surface area (Å²) in [6.07, 6.45) is 3.98. The zero-order valence-corrected chi connectivity index (χ0v) is 15.2. The Morgan fingerprint density at radius 3 is 2.22 bits per heavy atom. The van der Waals surface area contributed by atoms with Gasteiger partial charge >= 0.3 is 0 Å². The summed E-state index contributed by atoms with van der Waals surface area (Å²) < 4.78 is 13.0. The Morgan fingerprint density at radius 1 is 0.815 bits per heavy atom. The fourth-order valence-corrected chi connectivity index (χ4v) is 3.39. The van der Waals surface area contributed by atoms with Gasteiger partial charge in [0, 0.05) is 17.8 Å². The highest BCUT2D eigenvalue weighted by Gasteiger charge is 2.10. The van der Waals surface area contributed by atoms with Crippen LogP contribution in [0.25, 0.3) is 11.3 Å². The molecular weight excluding hydrogens is 339 g/mol. The van der Waals surface area contributed by atoms with Gasteiger partial charge < -0.3 is 5.32 Å². The van der Waals surface area contributed by atoms with Crippen LogP contribution < -0.4 is 5.32 Å². The van der Waals surface area contributed by atoms with E-state index in [9.17, 15) is 4.39 Å². The molecule has 4 nitrogen and oxygen atoms in total. The molecule has 2 aromatic carbocycles. The van der Waals surface area contributed by atoms with Gasteiger partial charge in [-0.2, -0.15) is 0 Å². The second kappa shape index (κ2) is 8.27. The summed E-state index contributed by atoms with van der Waals surface area (Å²) in [6.45, 7) is 3.43. The van der Waals surface area contributed by atoms with Crippen LogP contribution in [0.3, 0.4) is 0 Å². The van der Waals surface area contributed by atoms with Crippen LogP contribution in [-0.2, 0) is 6.54 Å². The van der Waals surface area contributed by atoms with Crippen LogP contribution in [0.1, 0.15) is 24.8 Å². The van der Waals surface area contributed by atoms with Gasteiger partial charge in [0.1, 0.15) is 5.82 Å². The maximum atomic E-state index is 13.0. The number of nitrogens with one attached hydrogen (secondary N) is 1. The maximum absolute atomic E-state index is 13.0. The van der Waals surface area contributed by atoms with E-state index in [0.717, 1.165) is 23.5 Å². The molecule has 0 atom stereocenters. The van der Waals surface area contributed by atoms with Crippen molar-refractivity contribution in [1.29, 1.82) is 0 Å². The molecule has 1 aliphatic rings. The molecule has 5 heteroatoms. The molecule has 0 radical (unpaired) electrons. The molecular formula is C22H23FN4. The van der Waals surface area contributed by atoms with Crippen LogP contribution in [0, 0.1) is 5.82 Å². The Hall–Kier alpha value is -2.79. The maximum Gasteiger partial charge on any atom is 0.153 e. The van der Waals surface area contributed by atoms with Gasteiger partial charge in [0.2, 0.25) is 0 Å². The predicted octanol–water partition coefficient (Wildman–Crippen LogP) is 5.01. The second-order valence-electron chi connectivity index (χ2n) is 6.97. The molecule has 2 heterocycles. The van der Waals surface area contributed by atoms with E-state index in [4.69, 9.17) is 0 Å². The summed E-state index contributed by atoms with van der Waals surface area (Å²) in [5.74, 6) is 0.429. The normalized spacial score (nSPS) is 14.9. The summed E-state index contributed by atoms with van der Waals surface area (Å²) in [5.41, 5.74) is 3.89. The standard InChI is InChI=1S/C22H23FN4/c23-19-8-6-18(7-9-19)21-12-13-22(26-25-21)24-20-10-4-17(5-11-20)16-27-14-2-1-3-15-27/h4-13H,1-3,14-16H2,(H,24,26). The highest BCUT2D eigenvalue weighted by Crippen LogP contribution is 2.20. The molecule has 3 aromatic rings. The quantitative estimate of drug-likeness (QED) is 0.692. The molecule has 27 heavy (non-hydrogen) atoms. The Kier molecular flexibility index (Phi) is 5.39. The highest BCUT2D eigenvalue weighted by molar-refractivity contribution is 5.61. The van der Waals surface area contributed by atoms with Crippen LogP contribution in [0.5, 0.6) is 0 Å². The van der Waals surface area contributed by atoms with E-state index >= 15 is 0 Å². The van der Waals surface area contributed by atoms with Crippen LogP contribution in [-0.4, -0.2) is 28.2 Å². The molecule has 1 saturated heterocycles. The van der Waals surface area contributed by atoms with E-state index in [1.165, 1.54) is 50.0 Å². The first-order valence-corrected chi connectivity index (χ1v) is 9.44. The van der Waals surface area contributed by atoms with Gasteiger partial charge in [-0.3, -0.25) is 4.90 Å². The van der Waals surface area contributed by atoms with E-state index in [1.807, 2.05) is 12.1 Å². The molecule has 0 saturated carbocycles. The van der Waals surface area contributed by atoms with Crippen LogP contribution in [0.4, 0.5) is 15.9 Å². The van der Waals surface area contributed by atoms with Gasteiger partial charge in [-0.15, -0.1) is 10.2 Å². The Bertz CT molecular complexity index is 854. The molecule has 1 aromatic heterocycles. The van der Waals surface area contributed by atoms with E-state index < -0.39 is 0 Å². The fraction of sp³-hybridized carbons (Fsp3) is 0.273. The zero-order chi connectivity index (χ0) is 18.5. The molecule has 0 amide bonds. The number of benzene rings is 2. The Morgan fingerprint density at radius 2 is 1.56 bits per heavy atom. The lowest BCUT2D eigenvalue weighted by atomic mass is 10.1. The third kappa shape index (κ3) is 4.68. The summed E-state index contributed by atoms with van der Waals surface area (Å²) >= 11 is 0. The second-order valence-corrected chi connectivity index (χ2v) is 6.97. The molecule has 1 N–H and O–H groups in total. The largest absolute Gasteiger partial charge is 0.339 e. The SMILES string of the molecule is Fc1ccc(-c2ccc(Nc3ccc(CN4CCCCC4)cc3)nn2)cc1. The van der Waals surface area contributed by atoms with Gasteiger partial charge in [-0.25, -0.2) is 4.39 Å². The van der Waals surface area contributed by atoms with Crippen LogP contribution in [0.2, 0.25) is 0 Å². The van der Waals surface area contributed by atoms with E-state index in [1.54, 1.807) is 12.1 Å². The van der Waals surface area contributed by atoms with Gasteiger partial charge in [-0.05, 0) is 80.0 Å². The van der Waals surface area contributed by atoms with Gasteiger partial charge in [0.15, 0.2) is 5.82 Å². The summed E-state index contributed by atoms with van der Waals surface area (Å²) in [4.78, 5) is 2.52. The van der Waals surface area contributed by atoms with Crippen molar-refractivity contribution in [3.8, 4) is 11.3 Å². The van der Waals surface area contributed by atoms with Gasteiger partial charge in [-0.1, -0.05) is 18.6 Å². The lowest BCUT2D eigenvalue weighted by molar-refractivity contribution is 0.221. The van der Waals surface area contributed by atoms with Crippen molar-refractivity contribution in [3.05, 3.63) is 72.0 Å². The molecule has 0 bridgehead atoms. The minimum atomic E-state index is -0.256. The highest BCUT2D eigenvalue weighted by atomic mass is 19.1. The summed E-state index contributed by atoms with van der Waals surface area (Å²) in [5, 5.41) is 11.7. The van der Waals surface area contributed by atoms with Crippen molar-refractivity contribution in [3.63, 3.8) is 0 Å². The topological polar surface area (TPSA) is 41.0 Å². The first-order valence-electron chi connectivity index (χ1n) is 9.44. The van der Waals surface area contributed by atoms with Crippen molar-refractivity contribution >= 4 is 11.5 Å². The lowest BCUT2D eigenvalue weighted by Crippen LogP contribution is -2.29. The number of halogens is 1. The van der Waals surface area contributed by atoms with E-state index in [0.29, 0.717) is 5.82 Å². The monoisotopic (exact) mass is 362 g/mol. The van der Waals surface area contributed by atoms with Crippen molar-refractivity contribution in [2.24, 2.45) is 0 Å². The van der Waals surface area contributed by atoms with Crippen LogP contribution in [0.15, 0.2) is 60.7 Å². The smallest absolute Gasteiger partial charge is 0.153 e. The van der Waals surface area contributed by atoms with Gasteiger partial charge in [0.05, 0.1) is 5.69 Å². The summed E-state index contributed by atoms with van der Waals surface area (Å²) in [7, 11) is 0. The number of hydrogen-bond acceptors (Lipinski definition) is 4. The first-order chi connectivity index (χ1) is 13.3. The number of rotatable bonds is 5. The third-order valence-corrected chi connectivity index (χ3v) is 4.89. The molecule has 138 valence electrons. The van der Waals surface area contributed by atoms with Crippen molar-refractivity contribution in [1.82, 2.24) is 15.1 Å². The lowest BCUT2D eigenvalue weighted by Gasteiger charge is -2.26. The van der Waals surface area contributed by atoms with Crippen molar-refractivity contribution in [2.75, 3.05) is 18.4 Å². The number of hydrogen-bond donors (Lipinski definition) is 1. The molecule has 1 fully saturated rings. The first kappa shape index (κ1) is 17.6. The summed E-state index contributed by atoms with van der Waals surface area (Å²) in [6, 6.07) is 18.5. The van der Waals surface area contributed by atoms with Crippen LogP contribution >= 0.6 is 0 Å². The molecule has 0 aliphatic carbocycles. The Balaban J connectivity index is 1.37. The average molecular weight is 362 g/mol. The zero-order valence-electron chi connectivity index (χ0n) is 15.2. The molecule has 0 spiro atoms. The van der Waals surface area contributed by atoms with Crippen molar-refractivity contribution in [2.45, 2.75) is 25.8 Å². The fourth-order valence-electron chi connectivity index (χ4n) is 3.39. The number of anilines is 2. The molecule has 1 aliphatic heterocycles. The van der Waals surface area contributed by atoms with E-state index in [-0.39, 0.29) is 5.82 Å². The average Bonchev–Trinajstić information content (AvgIpc) is 2.72. The minimum absolute atomic E-state index is 0.256. The van der Waals surface area contributed by atoms with Gasteiger partial charge in [0.25, 0.3) is 0 Å². The minimum Gasteiger partial charge on any atom is -0.339 e. The third-order valence-electron chi connectivity index (χ3n) is 4.89. The molecule has 0 unspecified atom stereocenters. The predicted molar refractivity (Wildman–Crippen MR) is 106 cm³/mol. The number of aromatic nitrogens is 2. The Labute approximate surface area is 159 Å². The number of nitrogens with zero attached hydrogens (tertiary/aromatic N) is 3. The van der Waals surface area contributed by atoms with Crippen molar-refractivity contribution < 1.29 is 4.39 Å². The van der Waals surface area contributed by atoms with E-state index in [2.05, 4.69) is 44.7 Å². The number of likely N-dealkylation sites (tertiary alicyclic amines) is 1. The number of piperidine rings is 1. The molecule has 4 rings (SSSR count).